The summed E-state index contributed by atoms with van der Waals surface area (Å²) in [5.74, 6) is 0.562. The molecule has 5 nitrogen and oxygen atoms in total. The van der Waals surface area contributed by atoms with Crippen LogP contribution >= 0.6 is 0 Å². The summed E-state index contributed by atoms with van der Waals surface area (Å²) in [4.78, 5) is 7.37. The third-order valence-corrected chi connectivity index (χ3v) is 11.1. The molecule has 0 bridgehead atoms. The van der Waals surface area contributed by atoms with E-state index in [9.17, 15) is 0 Å². The quantitative estimate of drug-likeness (QED) is 0.177. The van der Waals surface area contributed by atoms with Gasteiger partial charge in [0, 0.05) is 49.3 Å². The van der Waals surface area contributed by atoms with Gasteiger partial charge >= 0.3 is 0 Å². The topological polar surface area (TPSA) is 55.6 Å². The van der Waals surface area contributed by atoms with Gasteiger partial charge in [0.1, 0.15) is 22.3 Å². The molecule has 9 aromatic carbocycles. The predicted octanol–water partition coefficient (Wildman–Crippen LogP) is 14.7. The third kappa shape index (κ3) is 4.64. The molecule has 0 amide bonds. The lowest BCUT2D eigenvalue weighted by Crippen LogP contribution is -2.10. The van der Waals surface area contributed by atoms with E-state index in [1.54, 1.807) is 0 Å². The fourth-order valence-electron chi connectivity index (χ4n) is 8.48. The first-order valence-corrected chi connectivity index (χ1v) is 18.8. The maximum Gasteiger partial charge on any atom is 0.228 e. The summed E-state index contributed by atoms with van der Waals surface area (Å²) in [7, 11) is 0. The van der Waals surface area contributed by atoms with Crippen molar-refractivity contribution in [2.45, 2.75) is 0 Å². The van der Waals surface area contributed by atoms with Crippen LogP contribution in [0.25, 0.3) is 99.1 Å². The molecule has 0 aliphatic rings. The van der Waals surface area contributed by atoms with Crippen LogP contribution < -0.4 is 4.90 Å². The minimum Gasteiger partial charge on any atom is -0.455 e. The van der Waals surface area contributed by atoms with Crippen molar-refractivity contribution in [2.24, 2.45) is 0 Å². The van der Waals surface area contributed by atoms with Crippen LogP contribution in [0.5, 0.6) is 0 Å². The first-order chi connectivity index (χ1) is 27.7. The molecule has 0 aliphatic heterocycles. The molecule has 3 heterocycles. The Bertz CT molecular complexity index is 3500. The summed E-state index contributed by atoms with van der Waals surface area (Å²) >= 11 is 0. The number of para-hydroxylation sites is 1. The van der Waals surface area contributed by atoms with E-state index in [0.717, 1.165) is 110 Å². The smallest absolute Gasteiger partial charge is 0.228 e. The van der Waals surface area contributed by atoms with Crippen molar-refractivity contribution in [2.75, 3.05) is 4.90 Å². The van der Waals surface area contributed by atoms with Crippen LogP contribution in [0.1, 0.15) is 0 Å². The van der Waals surface area contributed by atoms with Crippen LogP contribution in [-0.2, 0) is 0 Å². The van der Waals surface area contributed by atoms with Crippen molar-refractivity contribution in [3.63, 3.8) is 0 Å². The zero-order chi connectivity index (χ0) is 36.7. The standard InChI is InChI=1S/C51H30N2O3/c1-2-11-31(12-3-1)34-15-8-16-35(29-34)53(36-25-28-44-42(30-36)39-26-23-33-14-5-7-18-38(33)49(39)54-44)43-21-9-19-40-47-41(20-10-22-45(47)55-50(40)43)51-52-48-37-17-6-4-13-32(37)24-27-46(48)56-51/h1-30H. The Hall–Kier alpha value is -7.63. The van der Waals surface area contributed by atoms with E-state index < -0.39 is 0 Å². The Labute approximate surface area is 320 Å². The normalized spacial score (nSPS) is 11.9. The van der Waals surface area contributed by atoms with Gasteiger partial charge < -0.3 is 18.2 Å². The highest BCUT2D eigenvalue weighted by Gasteiger charge is 2.24. The Morgan fingerprint density at radius 3 is 2.00 bits per heavy atom. The second kappa shape index (κ2) is 11.9. The van der Waals surface area contributed by atoms with Gasteiger partial charge in [-0.2, -0.15) is 0 Å². The van der Waals surface area contributed by atoms with Crippen molar-refractivity contribution < 1.29 is 13.3 Å². The van der Waals surface area contributed by atoms with E-state index in [1.807, 2.05) is 36.4 Å². The lowest BCUT2D eigenvalue weighted by Gasteiger charge is -2.26. The van der Waals surface area contributed by atoms with Crippen LogP contribution in [0, 0.1) is 0 Å². The van der Waals surface area contributed by atoms with E-state index in [2.05, 4.69) is 150 Å². The fraction of sp³-hybridized carbons (Fsp3) is 0. The lowest BCUT2D eigenvalue weighted by atomic mass is 10.0. The molecule has 0 saturated carbocycles. The molecular formula is C51H30N2O3. The lowest BCUT2D eigenvalue weighted by molar-refractivity contribution is 0.620. The summed E-state index contributed by atoms with van der Waals surface area (Å²) < 4.78 is 19.9. The number of nitrogens with zero attached hydrogens (tertiary/aromatic N) is 2. The summed E-state index contributed by atoms with van der Waals surface area (Å²) in [6.07, 6.45) is 0. The number of oxazole rings is 1. The van der Waals surface area contributed by atoms with Crippen molar-refractivity contribution >= 4 is 93.6 Å². The number of rotatable bonds is 5. The summed E-state index contributed by atoms with van der Waals surface area (Å²) in [6.45, 7) is 0. The highest BCUT2D eigenvalue weighted by atomic mass is 16.4. The number of benzene rings is 9. The molecule has 3 aromatic heterocycles. The van der Waals surface area contributed by atoms with Crippen LogP contribution in [0.3, 0.4) is 0 Å². The number of furan rings is 2. The van der Waals surface area contributed by atoms with Gasteiger partial charge in [-0.3, -0.25) is 0 Å². The largest absolute Gasteiger partial charge is 0.455 e. The van der Waals surface area contributed by atoms with Gasteiger partial charge in [-0.05, 0) is 82.6 Å². The van der Waals surface area contributed by atoms with Crippen molar-refractivity contribution in [1.82, 2.24) is 4.98 Å². The molecule has 12 aromatic rings. The van der Waals surface area contributed by atoms with Gasteiger partial charge in [-0.25, -0.2) is 4.98 Å². The Balaban J connectivity index is 1.09. The van der Waals surface area contributed by atoms with Gasteiger partial charge in [0.05, 0.1) is 5.69 Å². The Kier molecular flexibility index (Phi) is 6.56. The zero-order valence-electron chi connectivity index (χ0n) is 29.9. The fourth-order valence-corrected chi connectivity index (χ4v) is 8.48. The van der Waals surface area contributed by atoms with Crippen LogP contribution in [0.4, 0.5) is 17.1 Å². The van der Waals surface area contributed by atoms with Gasteiger partial charge in [-0.1, -0.05) is 121 Å². The minimum absolute atomic E-state index is 0.562. The molecule has 0 aliphatic carbocycles. The maximum atomic E-state index is 6.89. The molecule has 0 radical (unpaired) electrons. The van der Waals surface area contributed by atoms with Gasteiger partial charge in [-0.15, -0.1) is 0 Å². The summed E-state index contributed by atoms with van der Waals surface area (Å²) in [6, 6.07) is 63.2. The second-order valence-electron chi connectivity index (χ2n) is 14.3. The predicted molar refractivity (Wildman–Crippen MR) is 229 cm³/mol. The Morgan fingerprint density at radius 2 is 1.09 bits per heavy atom. The Morgan fingerprint density at radius 1 is 0.393 bits per heavy atom. The highest BCUT2D eigenvalue weighted by Crippen LogP contribution is 2.46. The molecule has 0 fully saturated rings. The van der Waals surface area contributed by atoms with Crippen LogP contribution in [0.15, 0.2) is 195 Å². The van der Waals surface area contributed by atoms with Crippen molar-refractivity contribution in [3.8, 4) is 22.6 Å². The van der Waals surface area contributed by atoms with Gasteiger partial charge in [0.15, 0.2) is 11.2 Å². The molecule has 0 saturated heterocycles. The average molecular weight is 719 g/mol. The zero-order valence-corrected chi connectivity index (χ0v) is 29.9. The van der Waals surface area contributed by atoms with E-state index >= 15 is 0 Å². The maximum absolute atomic E-state index is 6.89. The van der Waals surface area contributed by atoms with Crippen molar-refractivity contribution in [1.29, 1.82) is 0 Å². The van der Waals surface area contributed by atoms with E-state index in [1.165, 1.54) is 0 Å². The molecule has 0 unspecified atom stereocenters. The number of aromatic nitrogens is 1. The van der Waals surface area contributed by atoms with E-state index in [-0.39, 0.29) is 0 Å². The number of hydrogen-bond donors (Lipinski definition) is 0. The van der Waals surface area contributed by atoms with E-state index in [0.29, 0.717) is 5.89 Å². The van der Waals surface area contributed by atoms with Crippen LogP contribution in [0.2, 0.25) is 0 Å². The number of fused-ring (bicyclic) bond motifs is 11. The molecule has 56 heavy (non-hydrogen) atoms. The summed E-state index contributed by atoms with van der Waals surface area (Å²) in [5.41, 5.74) is 10.9. The average Bonchev–Trinajstić information content (AvgIpc) is 3.98. The second-order valence-corrected chi connectivity index (χ2v) is 14.3. The molecular weight excluding hydrogens is 689 g/mol. The van der Waals surface area contributed by atoms with Crippen LogP contribution in [-0.4, -0.2) is 4.98 Å². The molecule has 0 N–H and O–H groups in total. The first kappa shape index (κ1) is 30.8. The number of hydrogen-bond acceptors (Lipinski definition) is 5. The van der Waals surface area contributed by atoms with E-state index in [4.69, 9.17) is 18.2 Å². The van der Waals surface area contributed by atoms with Crippen molar-refractivity contribution in [3.05, 3.63) is 182 Å². The van der Waals surface area contributed by atoms with Gasteiger partial charge in [0.2, 0.25) is 5.89 Å². The molecule has 262 valence electrons. The highest BCUT2D eigenvalue weighted by molar-refractivity contribution is 6.18. The number of anilines is 3. The monoisotopic (exact) mass is 718 g/mol. The summed E-state index contributed by atoms with van der Waals surface area (Å²) in [5, 5.41) is 8.52. The van der Waals surface area contributed by atoms with Gasteiger partial charge in [0.25, 0.3) is 0 Å². The molecule has 12 rings (SSSR count). The molecule has 0 atom stereocenters. The molecule has 5 heteroatoms. The SMILES string of the molecule is c1ccc(-c2cccc(N(c3ccc4oc5c6ccccc6ccc5c4c3)c3cccc4c3oc3cccc(-c5nc6c(ccc7ccccc76)o5)c34)c2)cc1. The first-order valence-electron chi connectivity index (χ1n) is 18.8. The third-order valence-electron chi connectivity index (χ3n) is 11.1. The minimum atomic E-state index is 0.562. The molecule has 0 spiro atoms.